The normalized spacial score (nSPS) is 22.5. The summed E-state index contributed by atoms with van der Waals surface area (Å²) in [4.78, 5) is 28.2. The van der Waals surface area contributed by atoms with Gasteiger partial charge in [-0.2, -0.15) is 4.39 Å². The summed E-state index contributed by atoms with van der Waals surface area (Å²) in [5.74, 6) is -4.50. The largest absolute Gasteiger partial charge is 0.493 e. The van der Waals surface area contributed by atoms with E-state index in [1.165, 1.54) is 31.5 Å². The number of hydrogen-bond acceptors (Lipinski definition) is 5. The Bertz CT molecular complexity index is 996. The van der Waals surface area contributed by atoms with Crippen molar-refractivity contribution in [3.63, 3.8) is 0 Å². The molecule has 0 saturated carbocycles. The monoisotopic (exact) mass is 419 g/mol. The van der Waals surface area contributed by atoms with Crippen LogP contribution >= 0.6 is 0 Å². The fourth-order valence-electron chi connectivity index (χ4n) is 3.72. The molecule has 9 heteroatoms. The minimum atomic E-state index is -1.12. The summed E-state index contributed by atoms with van der Waals surface area (Å²) in [7, 11) is 1.24. The molecule has 7 nitrogen and oxygen atoms in total. The Morgan fingerprint density at radius 3 is 2.60 bits per heavy atom. The Labute approximate surface area is 172 Å². The summed E-state index contributed by atoms with van der Waals surface area (Å²) in [6.45, 7) is 5.51. The highest BCUT2D eigenvalue weighted by molar-refractivity contribution is 5.97. The molecule has 0 radical (unpaired) electrons. The van der Waals surface area contributed by atoms with E-state index in [1.54, 1.807) is 0 Å². The third-order valence-corrected chi connectivity index (χ3v) is 5.57. The third kappa shape index (κ3) is 3.85. The van der Waals surface area contributed by atoms with Crippen LogP contribution in [0.5, 0.6) is 5.75 Å². The second-order valence-corrected chi connectivity index (χ2v) is 7.72. The molecule has 30 heavy (non-hydrogen) atoms. The minimum Gasteiger partial charge on any atom is -0.493 e. The molecule has 2 aromatic rings. The molecule has 0 bridgehead atoms. The SMILES string of the molecule is COc1c([C@@H]2C(C)C(C)(C)O[C@@H]2C(=O)Nc2ccnc(C(N)=O)c2)ccc(F)c1F. The van der Waals surface area contributed by atoms with E-state index in [1.807, 2.05) is 20.8 Å². The first-order valence-corrected chi connectivity index (χ1v) is 9.33. The Morgan fingerprint density at radius 2 is 1.97 bits per heavy atom. The topological polar surface area (TPSA) is 104 Å². The van der Waals surface area contributed by atoms with E-state index >= 15 is 0 Å². The second-order valence-electron chi connectivity index (χ2n) is 7.72. The summed E-state index contributed by atoms with van der Waals surface area (Å²) in [6.07, 6.45) is 0.326. The van der Waals surface area contributed by atoms with Crippen LogP contribution in [-0.2, 0) is 9.53 Å². The van der Waals surface area contributed by atoms with E-state index in [9.17, 15) is 18.4 Å². The summed E-state index contributed by atoms with van der Waals surface area (Å²) in [5, 5.41) is 2.68. The van der Waals surface area contributed by atoms with Crippen molar-refractivity contribution in [3.05, 3.63) is 53.4 Å². The maximum atomic E-state index is 14.3. The van der Waals surface area contributed by atoms with Crippen molar-refractivity contribution in [2.75, 3.05) is 12.4 Å². The fraction of sp³-hybridized carbons (Fsp3) is 0.381. The van der Waals surface area contributed by atoms with Gasteiger partial charge in [0.15, 0.2) is 11.6 Å². The number of carbonyl (C=O) groups is 2. The number of nitrogens with one attached hydrogen (secondary N) is 1. The van der Waals surface area contributed by atoms with E-state index < -0.39 is 41.1 Å². The van der Waals surface area contributed by atoms with Gasteiger partial charge in [0.25, 0.3) is 11.8 Å². The van der Waals surface area contributed by atoms with E-state index in [-0.39, 0.29) is 17.4 Å². The number of carbonyl (C=O) groups excluding carboxylic acids is 2. The number of benzene rings is 1. The van der Waals surface area contributed by atoms with Crippen LogP contribution in [0.4, 0.5) is 14.5 Å². The average molecular weight is 419 g/mol. The molecule has 3 rings (SSSR count). The van der Waals surface area contributed by atoms with Gasteiger partial charge in [-0.15, -0.1) is 0 Å². The molecule has 3 N–H and O–H groups in total. The number of halogens is 2. The van der Waals surface area contributed by atoms with Crippen LogP contribution < -0.4 is 15.8 Å². The highest BCUT2D eigenvalue weighted by Crippen LogP contribution is 2.49. The van der Waals surface area contributed by atoms with Crippen LogP contribution in [0.25, 0.3) is 0 Å². The average Bonchev–Trinajstić information content (AvgIpc) is 2.93. The first-order chi connectivity index (χ1) is 14.1. The van der Waals surface area contributed by atoms with E-state index in [2.05, 4.69) is 10.3 Å². The molecule has 0 spiro atoms. The molecule has 1 aliphatic heterocycles. The lowest BCUT2D eigenvalue weighted by Crippen LogP contribution is -2.33. The molecule has 0 aliphatic carbocycles. The molecule has 160 valence electrons. The van der Waals surface area contributed by atoms with Gasteiger partial charge in [-0.25, -0.2) is 4.39 Å². The van der Waals surface area contributed by atoms with Crippen molar-refractivity contribution >= 4 is 17.5 Å². The zero-order chi connectivity index (χ0) is 22.2. The lowest BCUT2D eigenvalue weighted by molar-refractivity contribution is -0.131. The van der Waals surface area contributed by atoms with Gasteiger partial charge >= 0.3 is 0 Å². The lowest BCUT2D eigenvalue weighted by Gasteiger charge is -2.25. The van der Waals surface area contributed by atoms with Crippen LogP contribution in [-0.4, -0.2) is 35.6 Å². The van der Waals surface area contributed by atoms with Crippen LogP contribution in [0, 0.1) is 17.6 Å². The van der Waals surface area contributed by atoms with Gasteiger partial charge in [0, 0.05) is 23.4 Å². The van der Waals surface area contributed by atoms with Gasteiger partial charge in [-0.3, -0.25) is 14.6 Å². The molecule has 1 aromatic heterocycles. The fourth-order valence-corrected chi connectivity index (χ4v) is 3.72. The van der Waals surface area contributed by atoms with Gasteiger partial charge in [0.2, 0.25) is 5.82 Å². The van der Waals surface area contributed by atoms with E-state index in [4.69, 9.17) is 15.2 Å². The molecule has 1 aliphatic rings. The Balaban J connectivity index is 1.98. The van der Waals surface area contributed by atoms with Crippen LogP contribution in [0.1, 0.15) is 42.7 Å². The first kappa shape index (κ1) is 21.6. The quantitative estimate of drug-likeness (QED) is 0.776. The number of amides is 2. The number of nitrogens with zero attached hydrogens (tertiary/aromatic N) is 1. The Hall–Kier alpha value is -3.07. The standard InChI is InChI=1S/C21H23F2N3O4/c1-10-15(12-5-6-13(22)16(23)17(12)29-4)18(30-21(10,2)3)20(28)26-11-7-8-25-14(9-11)19(24)27/h5-10,15,18H,1-4H3,(H2,24,27)(H,25,26,28)/t10?,15-,18-/m0/s1. The zero-order valence-corrected chi connectivity index (χ0v) is 17.0. The summed E-state index contributed by atoms with van der Waals surface area (Å²) in [6, 6.07) is 5.25. The van der Waals surface area contributed by atoms with Crippen molar-refractivity contribution in [3.8, 4) is 5.75 Å². The predicted molar refractivity (Wildman–Crippen MR) is 105 cm³/mol. The van der Waals surface area contributed by atoms with Gasteiger partial charge in [0.05, 0.1) is 12.7 Å². The highest BCUT2D eigenvalue weighted by atomic mass is 19.2. The van der Waals surface area contributed by atoms with Gasteiger partial charge < -0.3 is 20.5 Å². The number of primary amides is 1. The molecule has 1 aromatic carbocycles. The predicted octanol–water partition coefficient (Wildman–Crippen LogP) is 3.00. The first-order valence-electron chi connectivity index (χ1n) is 9.33. The number of aromatic nitrogens is 1. The number of ether oxygens (including phenoxy) is 2. The second kappa shape index (κ2) is 7.98. The summed E-state index contributed by atoms with van der Waals surface area (Å²) >= 11 is 0. The van der Waals surface area contributed by atoms with Crippen molar-refractivity contribution in [2.24, 2.45) is 11.7 Å². The summed E-state index contributed by atoms with van der Waals surface area (Å²) in [5.41, 5.74) is 5.14. The Morgan fingerprint density at radius 1 is 1.27 bits per heavy atom. The van der Waals surface area contributed by atoms with E-state index in [0.29, 0.717) is 11.3 Å². The maximum absolute atomic E-state index is 14.3. The van der Waals surface area contributed by atoms with Crippen molar-refractivity contribution in [1.29, 1.82) is 0 Å². The van der Waals surface area contributed by atoms with Crippen LogP contribution in [0.3, 0.4) is 0 Å². The molecule has 1 saturated heterocycles. The number of rotatable bonds is 5. The molecule has 3 atom stereocenters. The van der Waals surface area contributed by atoms with Gasteiger partial charge in [-0.1, -0.05) is 13.0 Å². The highest BCUT2D eigenvalue weighted by Gasteiger charge is 2.51. The third-order valence-electron chi connectivity index (χ3n) is 5.57. The lowest BCUT2D eigenvalue weighted by atomic mass is 9.78. The molecule has 1 fully saturated rings. The number of methoxy groups -OCH3 is 1. The van der Waals surface area contributed by atoms with Crippen molar-refractivity contribution in [1.82, 2.24) is 4.98 Å². The van der Waals surface area contributed by atoms with Gasteiger partial charge in [-0.05, 0) is 38.0 Å². The number of anilines is 1. The van der Waals surface area contributed by atoms with E-state index in [0.717, 1.165) is 6.07 Å². The number of pyridine rings is 1. The molecular formula is C21H23F2N3O4. The number of hydrogen-bond donors (Lipinski definition) is 2. The van der Waals surface area contributed by atoms with Crippen molar-refractivity contribution < 1.29 is 27.8 Å². The van der Waals surface area contributed by atoms with Gasteiger partial charge in [0.1, 0.15) is 11.8 Å². The molecular weight excluding hydrogens is 396 g/mol. The minimum absolute atomic E-state index is 0.00679. The Kier molecular flexibility index (Phi) is 5.76. The molecule has 1 unspecified atom stereocenters. The smallest absolute Gasteiger partial charge is 0.267 e. The zero-order valence-electron chi connectivity index (χ0n) is 17.0. The van der Waals surface area contributed by atoms with Crippen LogP contribution in [0.2, 0.25) is 0 Å². The van der Waals surface area contributed by atoms with Crippen LogP contribution in [0.15, 0.2) is 30.5 Å². The summed E-state index contributed by atoms with van der Waals surface area (Å²) < 4.78 is 39.2. The maximum Gasteiger partial charge on any atom is 0.267 e. The van der Waals surface area contributed by atoms with Crippen molar-refractivity contribution in [2.45, 2.75) is 38.4 Å². The molecule has 2 amide bonds. The number of nitrogens with two attached hydrogens (primary N) is 1. The molecule has 2 heterocycles.